The number of nitrogens with zero attached hydrogens (tertiary/aromatic N) is 5. The molecule has 2 heterocycles. The van der Waals surface area contributed by atoms with E-state index in [1.807, 2.05) is 23.9 Å². The van der Waals surface area contributed by atoms with Gasteiger partial charge in [0.25, 0.3) is 0 Å². The topological polar surface area (TPSA) is 70.6 Å². The van der Waals surface area contributed by atoms with Crippen molar-refractivity contribution in [2.24, 2.45) is 10.7 Å². The van der Waals surface area contributed by atoms with Gasteiger partial charge in [-0.25, -0.2) is 9.97 Å². The fraction of sp³-hybridized carbons (Fsp3) is 0.389. The van der Waals surface area contributed by atoms with E-state index in [9.17, 15) is 0 Å². The molecule has 6 nitrogen and oxygen atoms in total. The molecule has 0 bridgehead atoms. The van der Waals surface area contributed by atoms with Crippen LogP contribution in [-0.4, -0.2) is 58.8 Å². The number of benzene rings is 1. The fourth-order valence-electron chi connectivity index (χ4n) is 2.68. The first-order valence-corrected chi connectivity index (χ1v) is 9.39. The molecule has 1 aromatic carbocycles. The van der Waals surface area contributed by atoms with Crippen molar-refractivity contribution in [3.8, 4) is 0 Å². The van der Waals surface area contributed by atoms with Crippen LogP contribution in [-0.2, 0) is 0 Å². The van der Waals surface area contributed by atoms with Gasteiger partial charge in [0.1, 0.15) is 0 Å². The van der Waals surface area contributed by atoms with Crippen molar-refractivity contribution in [1.29, 1.82) is 0 Å². The van der Waals surface area contributed by atoms with Crippen LogP contribution in [0.4, 0.5) is 5.95 Å². The maximum atomic E-state index is 6.19. The highest BCUT2D eigenvalue weighted by Crippen LogP contribution is 2.22. The van der Waals surface area contributed by atoms with E-state index < -0.39 is 0 Å². The quantitative estimate of drug-likeness (QED) is 0.503. The van der Waals surface area contributed by atoms with Crippen LogP contribution >= 0.6 is 11.8 Å². The van der Waals surface area contributed by atoms with Gasteiger partial charge in [0.05, 0.1) is 6.54 Å². The molecule has 0 saturated carbocycles. The SMILES string of the molecule is CC(CN=C(N)N1CCN(c2ncccn2)CC1)Sc1ccccc1. The van der Waals surface area contributed by atoms with Crippen molar-refractivity contribution in [1.82, 2.24) is 14.9 Å². The average Bonchev–Trinajstić information content (AvgIpc) is 2.68. The van der Waals surface area contributed by atoms with Gasteiger partial charge < -0.3 is 15.5 Å². The maximum Gasteiger partial charge on any atom is 0.225 e. The molecule has 3 rings (SSSR count). The molecule has 0 amide bonds. The number of guanidine groups is 1. The molecule has 1 fully saturated rings. The van der Waals surface area contributed by atoms with Crippen molar-refractivity contribution < 1.29 is 0 Å². The zero-order valence-corrected chi connectivity index (χ0v) is 15.3. The van der Waals surface area contributed by atoms with Gasteiger partial charge in [0.2, 0.25) is 5.95 Å². The molecule has 1 aliphatic heterocycles. The Labute approximate surface area is 153 Å². The van der Waals surface area contributed by atoms with Crippen molar-refractivity contribution in [2.75, 3.05) is 37.6 Å². The van der Waals surface area contributed by atoms with Crippen LogP contribution < -0.4 is 10.6 Å². The summed E-state index contributed by atoms with van der Waals surface area (Å²) >= 11 is 1.82. The first-order chi connectivity index (χ1) is 12.2. The second-order valence-electron chi connectivity index (χ2n) is 5.96. The van der Waals surface area contributed by atoms with Gasteiger partial charge >= 0.3 is 0 Å². The Morgan fingerprint density at radius 1 is 1.12 bits per heavy atom. The predicted molar refractivity (Wildman–Crippen MR) is 104 cm³/mol. The molecule has 132 valence electrons. The summed E-state index contributed by atoms with van der Waals surface area (Å²) in [4.78, 5) is 18.8. The minimum absolute atomic E-state index is 0.389. The molecular formula is C18H24N6S. The van der Waals surface area contributed by atoms with Crippen molar-refractivity contribution in [3.63, 3.8) is 0 Å². The standard InChI is InChI=1S/C18H24N6S/c1-15(25-16-6-3-2-4-7-16)14-22-17(19)23-10-12-24(13-11-23)18-20-8-5-9-21-18/h2-9,15H,10-14H2,1H3,(H2,19,22). The summed E-state index contributed by atoms with van der Waals surface area (Å²) < 4.78 is 0. The molecule has 1 unspecified atom stereocenters. The van der Waals surface area contributed by atoms with E-state index in [0.717, 1.165) is 32.1 Å². The van der Waals surface area contributed by atoms with E-state index in [1.54, 1.807) is 12.4 Å². The van der Waals surface area contributed by atoms with Crippen LogP contribution in [0, 0.1) is 0 Å². The van der Waals surface area contributed by atoms with Crippen molar-refractivity contribution in [2.45, 2.75) is 17.1 Å². The number of aromatic nitrogens is 2. The van der Waals surface area contributed by atoms with Crippen LogP contribution in [0.25, 0.3) is 0 Å². The third-order valence-corrected chi connectivity index (χ3v) is 5.13. The smallest absolute Gasteiger partial charge is 0.225 e. The first kappa shape index (κ1) is 17.5. The number of hydrogen-bond donors (Lipinski definition) is 1. The predicted octanol–water partition coefficient (Wildman–Crippen LogP) is 2.09. The highest BCUT2D eigenvalue weighted by Gasteiger charge is 2.20. The summed E-state index contributed by atoms with van der Waals surface area (Å²) in [6, 6.07) is 12.2. The van der Waals surface area contributed by atoms with Crippen LogP contribution in [0.5, 0.6) is 0 Å². The highest BCUT2D eigenvalue weighted by molar-refractivity contribution is 8.00. The van der Waals surface area contributed by atoms with Gasteiger partial charge in [-0.3, -0.25) is 4.99 Å². The number of aliphatic imine (C=N–C) groups is 1. The molecule has 0 radical (unpaired) electrons. The summed E-state index contributed by atoms with van der Waals surface area (Å²) in [6.45, 7) is 6.29. The zero-order valence-electron chi connectivity index (χ0n) is 14.5. The highest BCUT2D eigenvalue weighted by atomic mass is 32.2. The number of anilines is 1. The molecule has 2 N–H and O–H groups in total. The van der Waals surface area contributed by atoms with Crippen LogP contribution in [0.3, 0.4) is 0 Å². The van der Waals surface area contributed by atoms with Gasteiger partial charge in [-0.1, -0.05) is 25.1 Å². The van der Waals surface area contributed by atoms with Gasteiger partial charge in [-0.15, -0.1) is 11.8 Å². The number of thioether (sulfide) groups is 1. The van der Waals surface area contributed by atoms with Crippen LogP contribution in [0.2, 0.25) is 0 Å². The normalized spacial score (nSPS) is 16.8. The lowest BCUT2D eigenvalue weighted by molar-refractivity contribution is 0.378. The molecule has 7 heteroatoms. The Bertz CT molecular complexity index is 670. The van der Waals surface area contributed by atoms with Crippen LogP contribution in [0.15, 0.2) is 58.7 Å². The monoisotopic (exact) mass is 356 g/mol. The second kappa shape index (κ2) is 8.71. The van der Waals surface area contributed by atoms with E-state index in [4.69, 9.17) is 5.73 Å². The molecule has 1 aromatic heterocycles. The second-order valence-corrected chi connectivity index (χ2v) is 7.48. The number of piperazine rings is 1. The van der Waals surface area contributed by atoms with Crippen LogP contribution in [0.1, 0.15) is 6.92 Å². The summed E-state index contributed by atoms with van der Waals surface area (Å²) in [5.74, 6) is 1.42. The molecule has 1 aliphatic rings. The van der Waals surface area contributed by atoms with E-state index in [-0.39, 0.29) is 0 Å². The van der Waals surface area contributed by atoms with Gasteiger partial charge in [0, 0.05) is 48.7 Å². The van der Waals surface area contributed by atoms with Gasteiger partial charge in [0.15, 0.2) is 5.96 Å². The number of nitrogens with two attached hydrogens (primary N) is 1. The Morgan fingerprint density at radius 2 is 1.80 bits per heavy atom. The minimum Gasteiger partial charge on any atom is -0.370 e. The Balaban J connectivity index is 1.47. The largest absolute Gasteiger partial charge is 0.370 e. The summed E-state index contributed by atoms with van der Waals surface area (Å²) in [5.41, 5.74) is 6.19. The molecule has 2 aromatic rings. The van der Waals surface area contributed by atoms with Crippen molar-refractivity contribution >= 4 is 23.7 Å². The van der Waals surface area contributed by atoms with Gasteiger partial charge in [-0.05, 0) is 18.2 Å². The van der Waals surface area contributed by atoms with Crippen molar-refractivity contribution in [3.05, 3.63) is 48.8 Å². The molecule has 1 saturated heterocycles. The zero-order chi connectivity index (χ0) is 17.5. The van der Waals surface area contributed by atoms with E-state index >= 15 is 0 Å². The number of rotatable bonds is 5. The Morgan fingerprint density at radius 3 is 2.48 bits per heavy atom. The molecule has 1 atom stereocenters. The molecule has 0 spiro atoms. The lowest BCUT2D eigenvalue weighted by Gasteiger charge is -2.35. The third-order valence-electron chi connectivity index (χ3n) is 4.03. The summed E-state index contributed by atoms with van der Waals surface area (Å²) in [7, 11) is 0. The van der Waals surface area contributed by atoms with E-state index in [1.165, 1.54) is 4.90 Å². The van der Waals surface area contributed by atoms with Gasteiger partial charge in [-0.2, -0.15) is 0 Å². The lowest BCUT2D eigenvalue weighted by atomic mass is 10.3. The summed E-state index contributed by atoms with van der Waals surface area (Å²) in [6.07, 6.45) is 3.55. The first-order valence-electron chi connectivity index (χ1n) is 8.51. The van der Waals surface area contributed by atoms with E-state index in [2.05, 4.69) is 55.9 Å². The third kappa shape index (κ3) is 5.09. The Hall–Kier alpha value is -2.28. The molecule has 0 aliphatic carbocycles. The molecular weight excluding hydrogens is 332 g/mol. The maximum absolute atomic E-state index is 6.19. The van der Waals surface area contributed by atoms with E-state index in [0.29, 0.717) is 17.8 Å². The summed E-state index contributed by atoms with van der Waals surface area (Å²) in [5, 5.41) is 0.389. The molecule has 25 heavy (non-hydrogen) atoms. The number of hydrogen-bond acceptors (Lipinski definition) is 5. The Kier molecular flexibility index (Phi) is 6.11. The lowest BCUT2D eigenvalue weighted by Crippen LogP contribution is -2.51. The minimum atomic E-state index is 0.389. The fourth-order valence-corrected chi connectivity index (χ4v) is 3.61. The average molecular weight is 356 g/mol.